The van der Waals surface area contributed by atoms with Gasteiger partial charge in [-0.25, -0.2) is 0 Å². The van der Waals surface area contributed by atoms with Crippen LogP contribution in [0.5, 0.6) is 0 Å². The highest BCUT2D eigenvalue weighted by Crippen LogP contribution is 2.42. The summed E-state index contributed by atoms with van der Waals surface area (Å²) in [6.07, 6.45) is 0. The van der Waals surface area contributed by atoms with Crippen molar-refractivity contribution >= 4 is 87.2 Å². The molecular formula is C54H34N4. The van der Waals surface area contributed by atoms with E-state index in [-0.39, 0.29) is 0 Å². The summed E-state index contributed by atoms with van der Waals surface area (Å²) in [5.41, 5.74) is 14.2. The molecule has 4 nitrogen and oxygen atoms in total. The molecule has 0 aliphatic heterocycles. The van der Waals surface area contributed by atoms with Gasteiger partial charge in [-0.15, -0.1) is 0 Å². The second-order valence-electron chi connectivity index (χ2n) is 15.3. The van der Waals surface area contributed by atoms with Crippen LogP contribution in [0.25, 0.3) is 110 Å². The molecule has 0 saturated carbocycles. The Kier molecular flexibility index (Phi) is 6.41. The van der Waals surface area contributed by atoms with Gasteiger partial charge in [0.1, 0.15) is 0 Å². The highest BCUT2D eigenvalue weighted by atomic mass is 15.0. The maximum Gasteiger partial charge on any atom is 0.0562 e. The minimum absolute atomic E-state index is 1.14. The Labute approximate surface area is 333 Å². The number of rotatable bonds is 4. The van der Waals surface area contributed by atoms with E-state index in [2.05, 4.69) is 225 Å². The molecule has 0 unspecified atom stereocenters. The highest BCUT2D eigenvalue weighted by Gasteiger charge is 2.21. The third-order valence-electron chi connectivity index (χ3n) is 12.3. The Morgan fingerprint density at radius 2 is 0.569 bits per heavy atom. The molecule has 0 aliphatic rings. The lowest BCUT2D eigenvalue weighted by atomic mass is 10.1. The van der Waals surface area contributed by atoms with Crippen LogP contribution in [0.1, 0.15) is 0 Å². The molecule has 0 atom stereocenters. The zero-order chi connectivity index (χ0) is 37.9. The monoisotopic (exact) mass is 738 g/mol. The first-order valence-corrected chi connectivity index (χ1v) is 20.0. The molecule has 0 bridgehead atoms. The molecule has 4 heterocycles. The van der Waals surface area contributed by atoms with Gasteiger partial charge in [-0.1, -0.05) is 115 Å². The van der Waals surface area contributed by atoms with E-state index < -0.39 is 0 Å². The molecule has 0 spiro atoms. The van der Waals surface area contributed by atoms with Gasteiger partial charge in [0.25, 0.3) is 0 Å². The second kappa shape index (κ2) is 11.8. The van der Waals surface area contributed by atoms with Crippen LogP contribution in [0.15, 0.2) is 206 Å². The topological polar surface area (TPSA) is 19.7 Å². The Bertz CT molecular complexity index is 3740. The number of para-hydroxylation sites is 6. The maximum atomic E-state index is 2.48. The highest BCUT2D eigenvalue weighted by molar-refractivity contribution is 6.18. The molecule has 58 heavy (non-hydrogen) atoms. The Hall–Kier alpha value is -7.82. The second-order valence-corrected chi connectivity index (χ2v) is 15.3. The zero-order valence-corrected chi connectivity index (χ0v) is 31.4. The molecule has 0 N–H and O–H groups in total. The lowest BCUT2D eigenvalue weighted by Gasteiger charge is -2.13. The minimum atomic E-state index is 1.14. The van der Waals surface area contributed by atoms with Gasteiger partial charge < -0.3 is 18.3 Å². The van der Waals surface area contributed by atoms with Gasteiger partial charge in [0.15, 0.2) is 0 Å². The molecule has 0 amide bonds. The van der Waals surface area contributed by atoms with E-state index in [1.807, 2.05) is 0 Å². The predicted octanol–water partition coefficient (Wildman–Crippen LogP) is 14.1. The molecule has 270 valence electrons. The molecule has 0 fully saturated rings. The van der Waals surface area contributed by atoms with Crippen LogP contribution in [0.3, 0.4) is 0 Å². The molecule has 13 rings (SSSR count). The normalized spacial score (nSPS) is 12.1. The first-order chi connectivity index (χ1) is 28.8. The van der Waals surface area contributed by atoms with E-state index >= 15 is 0 Å². The van der Waals surface area contributed by atoms with Gasteiger partial charge >= 0.3 is 0 Å². The van der Waals surface area contributed by atoms with Crippen LogP contribution in [0.2, 0.25) is 0 Å². The lowest BCUT2D eigenvalue weighted by Crippen LogP contribution is -1.97. The average molecular weight is 739 g/mol. The van der Waals surface area contributed by atoms with E-state index in [9.17, 15) is 0 Å². The Morgan fingerprint density at radius 3 is 1.12 bits per heavy atom. The number of aromatic nitrogens is 4. The van der Waals surface area contributed by atoms with Crippen molar-refractivity contribution in [1.29, 1.82) is 0 Å². The Balaban J connectivity index is 1.06. The van der Waals surface area contributed by atoms with Crippen LogP contribution >= 0.6 is 0 Å². The van der Waals surface area contributed by atoms with Crippen molar-refractivity contribution in [3.05, 3.63) is 206 Å². The largest absolute Gasteiger partial charge is 0.309 e. The molecule has 0 radical (unpaired) electrons. The van der Waals surface area contributed by atoms with E-state index in [1.54, 1.807) is 0 Å². The lowest BCUT2D eigenvalue weighted by molar-refractivity contribution is 1.16. The van der Waals surface area contributed by atoms with Crippen LogP contribution in [-0.2, 0) is 0 Å². The van der Waals surface area contributed by atoms with Gasteiger partial charge in [-0.3, -0.25) is 0 Å². The average Bonchev–Trinajstić information content (AvgIpc) is 4.01. The fourth-order valence-electron chi connectivity index (χ4n) is 9.98. The molecule has 0 saturated heterocycles. The summed E-state index contributed by atoms with van der Waals surface area (Å²) in [6, 6.07) is 75.4. The molecular weight excluding hydrogens is 705 g/mol. The van der Waals surface area contributed by atoms with Gasteiger partial charge in [-0.05, 0) is 91.0 Å². The summed E-state index contributed by atoms with van der Waals surface area (Å²) >= 11 is 0. The van der Waals surface area contributed by atoms with Crippen molar-refractivity contribution in [3.63, 3.8) is 0 Å². The summed E-state index contributed by atoms with van der Waals surface area (Å²) in [6.45, 7) is 0. The number of hydrogen-bond acceptors (Lipinski definition) is 0. The van der Waals surface area contributed by atoms with E-state index in [1.165, 1.54) is 92.9 Å². The third-order valence-corrected chi connectivity index (χ3v) is 12.3. The fourth-order valence-corrected chi connectivity index (χ4v) is 9.98. The smallest absolute Gasteiger partial charge is 0.0562 e. The van der Waals surface area contributed by atoms with Crippen molar-refractivity contribution in [1.82, 2.24) is 18.3 Å². The third kappa shape index (κ3) is 4.23. The van der Waals surface area contributed by atoms with Crippen LogP contribution in [0, 0.1) is 0 Å². The van der Waals surface area contributed by atoms with Gasteiger partial charge in [-0.2, -0.15) is 0 Å². The summed E-state index contributed by atoms with van der Waals surface area (Å²) in [7, 11) is 0. The summed E-state index contributed by atoms with van der Waals surface area (Å²) in [5, 5.41) is 9.95. The quantitative estimate of drug-likeness (QED) is 0.171. The van der Waals surface area contributed by atoms with Crippen molar-refractivity contribution in [3.8, 4) is 22.7 Å². The molecule has 0 aliphatic carbocycles. The first-order valence-electron chi connectivity index (χ1n) is 20.0. The summed E-state index contributed by atoms with van der Waals surface area (Å²) < 4.78 is 9.73. The fraction of sp³-hybridized carbons (Fsp3) is 0. The van der Waals surface area contributed by atoms with Crippen LogP contribution in [-0.4, -0.2) is 18.3 Å². The van der Waals surface area contributed by atoms with Crippen LogP contribution in [0.4, 0.5) is 0 Å². The maximum absolute atomic E-state index is 2.48. The molecule has 9 aromatic carbocycles. The molecule has 13 aromatic rings. The predicted molar refractivity (Wildman–Crippen MR) is 244 cm³/mol. The standard InChI is InChI=1S/C54H34N4/c1-2-15-35(16-3-1)55-47-24-11-6-19-40(47)43-34-37(29-31-50(43)55)57-49-26-13-8-21-42(49)54-52(57)27-14-28-53(54)58-48-25-12-7-20-41(48)44-33-36(30-32-51(44)58)56-45-22-9-4-17-38(45)39-18-5-10-23-46(39)56/h1-34H. The number of nitrogens with zero attached hydrogens (tertiary/aromatic N) is 4. The van der Waals surface area contributed by atoms with E-state index in [0.717, 1.165) is 17.1 Å². The van der Waals surface area contributed by atoms with Gasteiger partial charge in [0, 0.05) is 60.2 Å². The van der Waals surface area contributed by atoms with E-state index in [4.69, 9.17) is 0 Å². The number of fused-ring (bicyclic) bond motifs is 12. The van der Waals surface area contributed by atoms with Crippen molar-refractivity contribution in [2.75, 3.05) is 0 Å². The SMILES string of the molecule is c1ccc(-n2c3ccccc3c3cc(-n4c5ccccc5c5c(-n6c7ccccc7c7cc(-n8c9ccccc9c9ccccc98)ccc76)cccc54)ccc32)cc1. The number of hydrogen-bond donors (Lipinski definition) is 0. The summed E-state index contributed by atoms with van der Waals surface area (Å²) in [4.78, 5) is 0. The van der Waals surface area contributed by atoms with Crippen molar-refractivity contribution in [2.45, 2.75) is 0 Å². The number of benzene rings is 9. The minimum Gasteiger partial charge on any atom is -0.309 e. The van der Waals surface area contributed by atoms with Gasteiger partial charge in [0.2, 0.25) is 0 Å². The first kappa shape index (κ1) is 31.4. The van der Waals surface area contributed by atoms with Crippen LogP contribution < -0.4 is 0 Å². The molecule has 4 heteroatoms. The van der Waals surface area contributed by atoms with E-state index in [0.29, 0.717) is 0 Å². The zero-order valence-electron chi connectivity index (χ0n) is 31.4. The van der Waals surface area contributed by atoms with Gasteiger partial charge in [0.05, 0.1) is 49.8 Å². The molecule has 4 aromatic heterocycles. The van der Waals surface area contributed by atoms with Crippen molar-refractivity contribution in [2.24, 2.45) is 0 Å². The summed E-state index contributed by atoms with van der Waals surface area (Å²) in [5.74, 6) is 0. The Morgan fingerprint density at radius 1 is 0.207 bits per heavy atom. The van der Waals surface area contributed by atoms with Crippen molar-refractivity contribution < 1.29 is 0 Å².